The lowest BCUT2D eigenvalue weighted by molar-refractivity contribution is 0.322. The summed E-state index contributed by atoms with van der Waals surface area (Å²) in [5.74, 6) is 4.13. The Morgan fingerprint density at radius 1 is 1.16 bits per heavy atom. The number of nitrogens with zero attached hydrogens (tertiary/aromatic N) is 1. The van der Waals surface area contributed by atoms with Gasteiger partial charge in [0.25, 0.3) is 0 Å². The second kappa shape index (κ2) is 10.3. The molecule has 1 aromatic carbocycles. The maximum atomic E-state index is 5.53. The number of hydrogen-bond acceptors (Lipinski definition) is 5. The van der Waals surface area contributed by atoms with Gasteiger partial charge in [0, 0.05) is 31.0 Å². The van der Waals surface area contributed by atoms with Crippen LogP contribution in [0.3, 0.4) is 0 Å². The first-order valence-corrected chi connectivity index (χ1v) is 9.62. The van der Waals surface area contributed by atoms with Gasteiger partial charge in [-0.1, -0.05) is 6.07 Å². The zero-order valence-corrected chi connectivity index (χ0v) is 16.4. The summed E-state index contributed by atoms with van der Waals surface area (Å²) in [6.45, 7) is 1.72. The Morgan fingerprint density at radius 3 is 2.56 bits per heavy atom. The minimum Gasteiger partial charge on any atom is -0.493 e. The van der Waals surface area contributed by atoms with Crippen molar-refractivity contribution < 1.29 is 14.2 Å². The van der Waals surface area contributed by atoms with Crippen molar-refractivity contribution in [1.29, 1.82) is 0 Å². The van der Waals surface area contributed by atoms with E-state index in [-0.39, 0.29) is 0 Å². The van der Waals surface area contributed by atoms with Gasteiger partial charge >= 0.3 is 0 Å². The molecule has 1 aromatic rings. The predicted octanol–water partition coefficient (Wildman–Crippen LogP) is 2.32. The van der Waals surface area contributed by atoms with Gasteiger partial charge in [0.1, 0.15) is 0 Å². The van der Waals surface area contributed by atoms with Gasteiger partial charge in [-0.15, -0.1) is 0 Å². The average molecular weight is 368 g/mol. The molecule has 0 saturated carbocycles. The molecule has 1 atom stereocenters. The topological polar surface area (TPSA) is 64.1 Å². The fourth-order valence-electron chi connectivity index (χ4n) is 2.91. The Balaban J connectivity index is 1.89. The Kier molecular flexibility index (Phi) is 8.04. The first-order valence-electron chi connectivity index (χ1n) is 8.57. The predicted molar refractivity (Wildman–Crippen MR) is 105 cm³/mol. The SMILES string of the molecule is CN=C(NCCc1ccc(OC)c(OC)c1OC)NCC1CCCS1. The summed E-state index contributed by atoms with van der Waals surface area (Å²) in [6, 6.07) is 3.91. The molecule has 2 rings (SSSR count). The van der Waals surface area contributed by atoms with Crippen molar-refractivity contribution in [1.82, 2.24) is 10.6 Å². The highest BCUT2D eigenvalue weighted by molar-refractivity contribution is 8.00. The maximum absolute atomic E-state index is 5.53. The van der Waals surface area contributed by atoms with Crippen LogP contribution in [0, 0.1) is 0 Å². The monoisotopic (exact) mass is 367 g/mol. The molecule has 0 bridgehead atoms. The Labute approximate surface area is 154 Å². The zero-order chi connectivity index (χ0) is 18.1. The number of methoxy groups -OCH3 is 3. The molecule has 1 aliphatic rings. The van der Waals surface area contributed by atoms with E-state index in [1.807, 2.05) is 23.9 Å². The molecule has 0 radical (unpaired) electrons. The van der Waals surface area contributed by atoms with E-state index in [1.165, 1.54) is 18.6 Å². The Morgan fingerprint density at radius 2 is 1.96 bits per heavy atom. The summed E-state index contributed by atoms with van der Waals surface area (Å²) in [5, 5.41) is 7.47. The van der Waals surface area contributed by atoms with Crippen molar-refractivity contribution in [3.8, 4) is 17.2 Å². The van der Waals surface area contributed by atoms with Crippen molar-refractivity contribution in [2.75, 3.05) is 47.2 Å². The molecule has 1 fully saturated rings. The van der Waals surface area contributed by atoms with Crippen LogP contribution < -0.4 is 24.8 Å². The van der Waals surface area contributed by atoms with E-state index in [1.54, 1.807) is 28.4 Å². The highest BCUT2D eigenvalue weighted by Crippen LogP contribution is 2.39. The lowest BCUT2D eigenvalue weighted by Gasteiger charge is -2.17. The molecule has 1 heterocycles. The van der Waals surface area contributed by atoms with Crippen LogP contribution in [0.25, 0.3) is 0 Å². The van der Waals surface area contributed by atoms with Gasteiger partial charge in [0.2, 0.25) is 5.75 Å². The molecule has 1 aliphatic heterocycles. The number of aliphatic imine (C=N–C) groups is 1. The van der Waals surface area contributed by atoms with Crippen molar-refractivity contribution >= 4 is 17.7 Å². The molecule has 0 aromatic heterocycles. The lowest BCUT2D eigenvalue weighted by Crippen LogP contribution is -2.40. The zero-order valence-electron chi connectivity index (χ0n) is 15.6. The molecule has 1 saturated heterocycles. The van der Waals surface area contributed by atoms with Gasteiger partial charge in [0.05, 0.1) is 21.3 Å². The molecule has 1 unspecified atom stereocenters. The third-order valence-corrected chi connectivity index (χ3v) is 5.62. The normalized spacial score (nSPS) is 17.3. The van der Waals surface area contributed by atoms with Crippen molar-refractivity contribution in [3.63, 3.8) is 0 Å². The lowest BCUT2D eigenvalue weighted by atomic mass is 10.1. The smallest absolute Gasteiger partial charge is 0.203 e. The molecule has 7 heteroatoms. The molecular formula is C18H29N3O3S. The molecule has 25 heavy (non-hydrogen) atoms. The van der Waals surface area contributed by atoms with Gasteiger partial charge < -0.3 is 24.8 Å². The Bertz CT molecular complexity index is 575. The summed E-state index contributed by atoms with van der Waals surface area (Å²) < 4.78 is 16.3. The van der Waals surface area contributed by atoms with E-state index in [0.29, 0.717) is 22.5 Å². The number of guanidine groups is 1. The van der Waals surface area contributed by atoms with Crippen molar-refractivity contribution in [2.45, 2.75) is 24.5 Å². The minimum atomic E-state index is 0.628. The van der Waals surface area contributed by atoms with E-state index in [4.69, 9.17) is 14.2 Å². The third kappa shape index (κ3) is 5.36. The van der Waals surface area contributed by atoms with Crippen LogP contribution >= 0.6 is 11.8 Å². The van der Waals surface area contributed by atoms with Gasteiger partial charge in [-0.05, 0) is 31.1 Å². The van der Waals surface area contributed by atoms with E-state index in [0.717, 1.165) is 31.0 Å². The molecule has 2 N–H and O–H groups in total. The second-order valence-electron chi connectivity index (χ2n) is 5.76. The van der Waals surface area contributed by atoms with Crippen molar-refractivity contribution in [2.24, 2.45) is 4.99 Å². The summed E-state index contributed by atoms with van der Waals surface area (Å²) in [6.07, 6.45) is 3.40. The van der Waals surface area contributed by atoms with Gasteiger partial charge in [-0.25, -0.2) is 0 Å². The fraction of sp³-hybridized carbons (Fsp3) is 0.611. The molecule has 0 spiro atoms. The second-order valence-corrected chi connectivity index (χ2v) is 7.17. The van der Waals surface area contributed by atoms with Crippen LogP contribution in [0.4, 0.5) is 0 Å². The number of ether oxygens (including phenoxy) is 3. The fourth-order valence-corrected chi connectivity index (χ4v) is 4.11. The van der Waals surface area contributed by atoms with E-state index in [9.17, 15) is 0 Å². The average Bonchev–Trinajstić information content (AvgIpc) is 3.17. The van der Waals surface area contributed by atoms with Crippen LogP contribution in [0.15, 0.2) is 17.1 Å². The molecule has 140 valence electrons. The van der Waals surface area contributed by atoms with Crippen LogP contribution in [0.1, 0.15) is 18.4 Å². The van der Waals surface area contributed by atoms with Crippen LogP contribution in [0.5, 0.6) is 17.2 Å². The molecule has 0 aliphatic carbocycles. The number of thioether (sulfide) groups is 1. The molecule has 6 nitrogen and oxygen atoms in total. The summed E-state index contributed by atoms with van der Waals surface area (Å²) in [4.78, 5) is 4.29. The van der Waals surface area contributed by atoms with Crippen LogP contribution in [-0.2, 0) is 6.42 Å². The highest BCUT2D eigenvalue weighted by Gasteiger charge is 2.17. The summed E-state index contributed by atoms with van der Waals surface area (Å²) in [5.41, 5.74) is 1.06. The van der Waals surface area contributed by atoms with E-state index < -0.39 is 0 Å². The van der Waals surface area contributed by atoms with Gasteiger partial charge in [0.15, 0.2) is 17.5 Å². The van der Waals surface area contributed by atoms with Crippen LogP contribution in [-0.4, -0.2) is 58.4 Å². The quantitative estimate of drug-likeness (QED) is 0.543. The maximum Gasteiger partial charge on any atom is 0.203 e. The third-order valence-electron chi connectivity index (χ3n) is 4.22. The molecule has 0 amide bonds. The minimum absolute atomic E-state index is 0.628. The van der Waals surface area contributed by atoms with Gasteiger partial charge in [-0.2, -0.15) is 11.8 Å². The standard InChI is InChI=1S/C18H29N3O3S/c1-19-18(21-12-14-6-5-11-25-14)20-10-9-13-7-8-15(22-2)17(24-4)16(13)23-3/h7-8,14H,5-6,9-12H2,1-4H3,(H2,19,20,21). The van der Waals surface area contributed by atoms with Crippen molar-refractivity contribution in [3.05, 3.63) is 17.7 Å². The number of benzene rings is 1. The number of hydrogen-bond donors (Lipinski definition) is 2. The van der Waals surface area contributed by atoms with Crippen LogP contribution in [0.2, 0.25) is 0 Å². The van der Waals surface area contributed by atoms with Gasteiger partial charge in [-0.3, -0.25) is 4.99 Å². The van der Waals surface area contributed by atoms with E-state index in [2.05, 4.69) is 15.6 Å². The summed E-state index contributed by atoms with van der Waals surface area (Å²) in [7, 11) is 6.69. The highest BCUT2D eigenvalue weighted by atomic mass is 32.2. The number of rotatable bonds is 8. The summed E-state index contributed by atoms with van der Waals surface area (Å²) >= 11 is 2.04. The first-order chi connectivity index (χ1) is 12.2. The largest absolute Gasteiger partial charge is 0.493 e. The van der Waals surface area contributed by atoms with E-state index >= 15 is 0 Å². The first kappa shape index (κ1) is 19.6. The molecular weight excluding hydrogens is 338 g/mol. The Hall–Kier alpha value is -1.76. The number of nitrogens with one attached hydrogen (secondary N) is 2.